The van der Waals surface area contributed by atoms with Crippen molar-refractivity contribution in [1.82, 2.24) is 25.1 Å². The van der Waals surface area contributed by atoms with Crippen LogP contribution in [0.2, 0.25) is 5.02 Å². The first kappa shape index (κ1) is 21.5. The fraction of sp³-hybridized carbons (Fsp3) is 0.500. The van der Waals surface area contributed by atoms with Gasteiger partial charge in [0, 0.05) is 11.6 Å². The number of benzene rings is 1. The average Bonchev–Trinajstić information content (AvgIpc) is 3.36. The van der Waals surface area contributed by atoms with Gasteiger partial charge in [-0.05, 0) is 60.4 Å². The van der Waals surface area contributed by atoms with Gasteiger partial charge in [0.2, 0.25) is 0 Å². The highest BCUT2D eigenvalue weighted by Gasteiger charge is 2.34. The van der Waals surface area contributed by atoms with Crippen LogP contribution in [-0.4, -0.2) is 25.1 Å². The molecule has 2 heterocycles. The number of nitrogens with zero attached hydrogens (tertiary/aromatic N) is 5. The molecule has 3 rings (SSSR count). The molecular formula is C22H30ClN5O. The lowest BCUT2D eigenvalue weighted by molar-refractivity contribution is 0.110. The van der Waals surface area contributed by atoms with E-state index in [1.807, 2.05) is 35.0 Å². The topological polar surface area (TPSA) is 60.0 Å². The van der Waals surface area contributed by atoms with E-state index in [0.717, 1.165) is 28.6 Å². The number of hydrogen-bond acceptors (Lipinski definition) is 5. The Morgan fingerprint density at radius 3 is 2.52 bits per heavy atom. The minimum atomic E-state index is -0.174. The molecule has 0 aliphatic rings. The molecule has 0 radical (unpaired) electrons. The predicted octanol–water partition coefficient (Wildman–Crippen LogP) is 5.46. The Kier molecular flexibility index (Phi) is 6.75. The molecule has 7 heteroatoms. The molecule has 1 unspecified atom stereocenters. The number of tetrazole rings is 1. The van der Waals surface area contributed by atoms with Crippen molar-refractivity contribution < 1.29 is 4.42 Å². The summed E-state index contributed by atoms with van der Waals surface area (Å²) in [6.07, 6.45) is 2.64. The third-order valence-corrected chi connectivity index (χ3v) is 5.86. The summed E-state index contributed by atoms with van der Waals surface area (Å²) in [4.78, 5) is 2.35. The molecule has 0 aliphatic carbocycles. The smallest absolute Gasteiger partial charge is 0.169 e. The van der Waals surface area contributed by atoms with Crippen molar-refractivity contribution in [2.45, 2.75) is 65.7 Å². The first-order valence-corrected chi connectivity index (χ1v) is 10.5. The predicted molar refractivity (Wildman–Crippen MR) is 114 cm³/mol. The van der Waals surface area contributed by atoms with E-state index in [4.69, 9.17) is 16.0 Å². The van der Waals surface area contributed by atoms with Crippen molar-refractivity contribution in [1.29, 1.82) is 0 Å². The van der Waals surface area contributed by atoms with Gasteiger partial charge in [-0.25, -0.2) is 4.68 Å². The lowest BCUT2D eigenvalue weighted by Gasteiger charge is -2.35. The number of aromatic nitrogens is 4. The second-order valence-corrected chi connectivity index (χ2v) is 8.79. The molecule has 6 nitrogen and oxygen atoms in total. The van der Waals surface area contributed by atoms with Gasteiger partial charge in [-0.1, -0.05) is 50.6 Å². The van der Waals surface area contributed by atoms with E-state index in [-0.39, 0.29) is 17.5 Å². The Hall–Kier alpha value is -2.18. The summed E-state index contributed by atoms with van der Waals surface area (Å²) in [6, 6.07) is 11.9. The average molecular weight is 416 g/mol. The van der Waals surface area contributed by atoms with Gasteiger partial charge in [-0.3, -0.25) is 4.90 Å². The van der Waals surface area contributed by atoms with E-state index in [9.17, 15) is 0 Å². The van der Waals surface area contributed by atoms with Gasteiger partial charge in [0.25, 0.3) is 0 Å². The molecule has 0 saturated carbocycles. The van der Waals surface area contributed by atoms with Crippen LogP contribution in [0.15, 0.2) is 47.1 Å². The highest BCUT2D eigenvalue weighted by Crippen LogP contribution is 2.34. The van der Waals surface area contributed by atoms with Gasteiger partial charge < -0.3 is 4.42 Å². The molecular weight excluding hydrogens is 386 g/mol. The van der Waals surface area contributed by atoms with Crippen LogP contribution in [0.25, 0.3) is 0 Å². The molecule has 0 bridgehead atoms. The summed E-state index contributed by atoms with van der Waals surface area (Å²) < 4.78 is 7.64. The lowest BCUT2D eigenvalue weighted by atomic mass is 9.97. The van der Waals surface area contributed by atoms with Crippen LogP contribution in [-0.2, 0) is 18.6 Å². The molecule has 0 spiro atoms. The molecule has 1 atom stereocenters. The second-order valence-electron chi connectivity index (χ2n) is 8.38. The third kappa shape index (κ3) is 4.87. The van der Waals surface area contributed by atoms with Gasteiger partial charge >= 0.3 is 0 Å². The van der Waals surface area contributed by atoms with Crippen LogP contribution in [0.5, 0.6) is 0 Å². The lowest BCUT2D eigenvalue weighted by Crippen LogP contribution is -2.37. The summed E-state index contributed by atoms with van der Waals surface area (Å²) in [5, 5.41) is 13.6. The van der Waals surface area contributed by atoms with Crippen LogP contribution < -0.4 is 0 Å². The molecule has 3 aromatic rings. The monoisotopic (exact) mass is 415 g/mol. The van der Waals surface area contributed by atoms with Crippen LogP contribution in [0.4, 0.5) is 0 Å². The summed E-state index contributed by atoms with van der Waals surface area (Å²) >= 11 is 6.49. The van der Waals surface area contributed by atoms with Crippen LogP contribution in [0.3, 0.4) is 0 Å². The molecule has 0 aliphatic heterocycles. The first-order valence-electron chi connectivity index (χ1n) is 10.1. The van der Waals surface area contributed by atoms with E-state index >= 15 is 0 Å². The Balaban J connectivity index is 2.03. The van der Waals surface area contributed by atoms with Crippen LogP contribution >= 0.6 is 11.6 Å². The van der Waals surface area contributed by atoms with Crippen molar-refractivity contribution in [3.8, 4) is 0 Å². The van der Waals surface area contributed by atoms with Crippen molar-refractivity contribution in [2.75, 3.05) is 0 Å². The third-order valence-electron chi connectivity index (χ3n) is 5.49. The SMILES string of the molecule is CCC(C)(C)n1nnnc1C(C(C)C)N(Cc1ccco1)Cc1ccccc1Cl. The fourth-order valence-electron chi connectivity index (χ4n) is 3.54. The number of hydrogen-bond donors (Lipinski definition) is 0. The Morgan fingerprint density at radius 1 is 1.14 bits per heavy atom. The second kappa shape index (κ2) is 9.09. The molecule has 0 saturated heterocycles. The van der Waals surface area contributed by atoms with Crippen molar-refractivity contribution in [2.24, 2.45) is 5.92 Å². The van der Waals surface area contributed by atoms with Gasteiger partial charge in [0.15, 0.2) is 5.82 Å². The summed E-state index contributed by atoms with van der Waals surface area (Å²) in [7, 11) is 0. The van der Waals surface area contributed by atoms with Crippen LogP contribution in [0.1, 0.15) is 64.2 Å². The molecule has 0 amide bonds. The minimum Gasteiger partial charge on any atom is -0.468 e. The maximum atomic E-state index is 6.49. The summed E-state index contributed by atoms with van der Waals surface area (Å²) in [5.41, 5.74) is 0.896. The van der Waals surface area contributed by atoms with E-state index < -0.39 is 0 Å². The van der Waals surface area contributed by atoms with Crippen LogP contribution in [0, 0.1) is 5.92 Å². The Bertz CT molecular complexity index is 904. The minimum absolute atomic E-state index is 0.00259. The van der Waals surface area contributed by atoms with Crippen molar-refractivity contribution in [3.05, 3.63) is 64.8 Å². The Morgan fingerprint density at radius 2 is 1.90 bits per heavy atom. The molecule has 29 heavy (non-hydrogen) atoms. The Labute approximate surface area is 177 Å². The standard InChI is InChI=1S/C22H30ClN5O/c1-6-22(4,5)28-21(24-25-26-28)20(16(2)3)27(15-18-11-9-13-29-18)14-17-10-7-8-12-19(17)23/h7-13,16,20H,6,14-15H2,1-5H3. The quantitative estimate of drug-likeness (QED) is 0.464. The number of halogens is 1. The fourth-order valence-corrected chi connectivity index (χ4v) is 3.74. The zero-order valence-corrected chi connectivity index (χ0v) is 18.6. The zero-order chi connectivity index (χ0) is 21.0. The molecule has 1 aromatic carbocycles. The van der Waals surface area contributed by atoms with E-state index in [1.165, 1.54) is 0 Å². The van der Waals surface area contributed by atoms with Gasteiger partial charge in [-0.15, -0.1) is 5.10 Å². The molecule has 0 fully saturated rings. The van der Waals surface area contributed by atoms with Crippen molar-refractivity contribution >= 4 is 11.6 Å². The highest BCUT2D eigenvalue weighted by atomic mass is 35.5. The normalized spacial score (nSPS) is 13.4. The van der Waals surface area contributed by atoms with Gasteiger partial charge in [0.1, 0.15) is 5.76 Å². The van der Waals surface area contributed by atoms with Crippen molar-refractivity contribution in [3.63, 3.8) is 0 Å². The highest BCUT2D eigenvalue weighted by molar-refractivity contribution is 6.31. The first-order chi connectivity index (χ1) is 13.8. The number of furan rings is 1. The zero-order valence-electron chi connectivity index (χ0n) is 17.8. The molecule has 156 valence electrons. The maximum absolute atomic E-state index is 6.49. The van der Waals surface area contributed by atoms with Gasteiger partial charge in [-0.2, -0.15) is 0 Å². The summed E-state index contributed by atoms with van der Waals surface area (Å²) in [6.45, 7) is 12.2. The molecule has 0 N–H and O–H groups in total. The number of rotatable bonds is 9. The largest absolute Gasteiger partial charge is 0.468 e. The van der Waals surface area contributed by atoms with E-state index in [0.29, 0.717) is 13.1 Å². The van der Waals surface area contributed by atoms with E-state index in [1.54, 1.807) is 6.26 Å². The van der Waals surface area contributed by atoms with E-state index in [2.05, 4.69) is 61.1 Å². The van der Waals surface area contributed by atoms with Gasteiger partial charge in [0.05, 0.1) is 24.4 Å². The summed E-state index contributed by atoms with van der Waals surface area (Å²) in [5.74, 6) is 2.05. The maximum Gasteiger partial charge on any atom is 0.169 e. The molecule has 2 aromatic heterocycles.